The zero-order valence-electron chi connectivity index (χ0n) is 17.6. The summed E-state index contributed by atoms with van der Waals surface area (Å²) in [4.78, 5) is 23.9. The number of aliphatic hydroxyl groups is 1. The van der Waals surface area contributed by atoms with E-state index < -0.39 is 23.7 Å². The Bertz CT molecular complexity index is 574. The van der Waals surface area contributed by atoms with Crippen molar-refractivity contribution in [2.75, 3.05) is 0 Å². The van der Waals surface area contributed by atoms with Crippen LogP contribution >= 0.6 is 0 Å². The Hall–Kier alpha value is -2.50. The lowest BCUT2D eigenvalue weighted by molar-refractivity contribution is -0.151. The molecule has 6 heteroatoms. The number of allylic oxidation sites excluding steroid dienone is 4. The van der Waals surface area contributed by atoms with Gasteiger partial charge in [0.05, 0.1) is 6.10 Å². The second-order valence-electron chi connectivity index (χ2n) is 7.64. The molecule has 0 aromatic rings. The maximum atomic E-state index is 12.1. The first-order valence-corrected chi connectivity index (χ1v) is 9.49. The zero-order chi connectivity index (χ0) is 21.7. The van der Waals surface area contributed by atoms with Crippen LogP contribution in [0.25, 0.3) is 0 Å². The number of nitrogens with one attached hydrogen (secondary N) is 1. The fourth-order valence-corrected chi connectivity index (χ4v) is 2.56. The minimum absolute atomic E-state index is 0.148. The smallest absolute Gasteiger partial charge is 0.408 e. The van der Waals surface area contributed by atoms with Crippen LogP contribution in [-0.4, -0.2) is 34.9 Å². The molecule has 2 unspecified atom stereocenters. The summed E-state index contributed by atoms with van der Waals surface area (Å²) in [6.45, 7) is 17.7. The molecule has 1 heterocycles. The van der Waals surface area contributed by atoms with Crippen LogP contribution in [0.4, 0.5) is 4.79 Å². The number of hydrogen-bond donors (Lipinski definition) is 2. The van der Waals surface area contributed by atoms with Crippen LogP contribution in [0.1, 0.15) is 53.4 Å². The summed E-state index contributed by atoms with van der Waals surface area (Å²) in [6, 6.07) is -0.647. The first kappa shape index (κ1) is 25.5. The average molecular weight is 394 g/mol. The van der Waals surface area contributed by atoms with Crippen molar-refractivity contribution >= 4 is 12.1 Å². The number of amides is 1. The standard InChI is InChI=1S/C16H27NO4.C6H8O/c1-6-12-8-7-9-13(14(18)20-11(2)10-12)17-15(19)21-16(3,4)5;1-3-5-6(7)4-2/h6,11-13H,1,7-10H2,2-5H3,(H,17,19);3-5,7H,1-2H2/b;6-5+/t11?,12?,13-;/m0./s1. The Morgan fingerprint density at radius 1 is 1.29 bits per heavy atom. The SMILES string of the molecule is C=C/C=C(/O)C=C.C=CC1CCC[C@H](NC(=O)OC(C)(C)C)C(=O)OC(C)C1. The highest BCUT2D eigenvalue weighted by Crippen LogP contribution is 2.21. The summed E-state index contributed by atoms with van der Waals surface area (Å²) in [5, 5.41) is 11.1. The van der Waals surface area contributed by atoms with E-state index in [2.05, 4.69) is 25.1 Å². The van der Waals surface area contributed by atoms with Gasteiger partial charge in [-0.25, -0.2) is 9.59 Å². The second kappa shape index (κ2) is 12.8. The van der Waals surface area contributed by atoms with E-state index in [1.54, 1.807) is 20.8 Å². The van der Waals surface area contributed by atoms with E-state index in [9.17, 15) is 9.59 Å². The van der Waals surface area contributed by atoms with Crippen LogP contribution in [0.2, 0.25) is 0 Å². The molecule has 0 radical (unpaired) electrons. The van der Waals surface area contributed by atoms with Gasteiger partial charge < -0.3 is 19.9 Å². The first-order valence-electron chi connectivity index (χ1n) is 9.49. The highest BCUT2D eigenvalue weighted by Gasteiger charge is 2.28. The van der Waals surface area contributed by atoms with Crippen molar-refractivity contribution in [1.82, 2.24) is 5.32 Å². The predicted molar refractivity (Wildman–Crippen MR) is 112 cm³/mol. The normalized spacial score (nSPS) is 23.4. The average Bonchev–Trinajstić information content (AvgIpc) is 2.64. The Labute approximate surface area is 169 Å². The number of aliphatic hydroxyl groups excluding tert-OH is 1. The summed E-state index contributed by atoms with van der Waals surface area (Å²) >= 11 is 0. The number of alkyl carbamates (subject to hydrolysis) is 1. The van der Waals surface area contributed by atoms with Gasteiger partial charge in [-0.2, -0.15) is 0 Å². The molecular weight excluding hydrogens is 358 g/mol. The van der Waals surface area contributed by atoms with Crippen LogP contribution < -0.4 is 5.32 Å². The van der Waals surface area contributed by atoms with Gasteiger partial charge in [-0.1, -0.05) is 31.7 Å². The molecule has 0 aromatic carbocycles. The molecule has 3 atom stereocenters. The van der Waals surface area contributed by atoms with Gasteiger partial charge in [-0.05, 0) is 65.0 Å². The van der Waals surface area contributed by atoms with Crippen molar-refractivity contribution in [3.63, 3.8) is 0 Å². The minimum Gasteiger partial charge on any atom is -0.508 e. The third-order valence-electron chi connectivity index (χ3n) is 3.83. The molecule has 158 valence electrons. The number of rotatable bonds is 4. The molecule has 0 bridgehead atoms. The van der Waals surface area contributed by atoms with Gasteiger partial charge in [-0.15, -0.1) is 6.58 Å². The monoisotopic (exact) mass is 393 g/mol. The van der Waals surface area contributed by atoms with E-state index in [4.69, 9.17) is 14.6 Å². The molecule has 1 aliphatic heterocycles. The molecule has 0 aromatic heterocycles. The number of carbonyl (C=O) groups is 2. The van der Waals surface area contributed by atoms with Crippen LogP contribution in [0.5, 0.6) is 0 Å². The van der Waals surface area contributed by atoms with Crippen molar-refractivity contribution in [2.45, 2.75) is 71.1 Å². The van der Waals surface area contributed by atoms with Crippen molar-refractivity contribution in [3.05, 3.63) is 49.8 Å². The lowest BCUT2D eigenvalue weighted by Crippen LogP contribution is -2.44. The first-order chi connectivity index (χ1) is 13.0. The summed E-state index contributed by atoms with van der Waals surface area (Å²) in [7, 11) is 0. The second-order valence-corrected chi connectivity index (χ2v) is 7.64. The lowest BCUT2D eigenvalue weighted by atomic mass is 9.95. The summed E-state index contributed by atoms with van der Waals surface area (Å²) in [5.74, 6) is 0.0983. The molecule has 6 nitrogen and oxygen atoms in total. The summed E-state index contributed by atoms with van der Waals surface area (Å²) in [5.41, 5.74) is -0.590. The minimum atomic E-state index is -0.647. The highest BCUT2D eigenvalue weighted by molar-refractivity contribution is 5.81. The van der Waals surface area contributed by atoms with Gasteiger partial charge in [0.25, 0.3) is 0 Å². The van der Waals surface area contributed by atoms with E-state index in [-0.39, 0.29) is 11.9 Å². The number of ether oxygens (including phenoxy) is 2. The van der Waals surface area contributed by atoms with Crippen molar-refractivity contribution in [1.29, 1.82) is 0 Å². The number of carbonyl (C=O) groups excluding carboxylic acids is 2. The number of cyclic esters (lactones) is 1. The van der Waals surface area contributed by atoms with Crippen molar-refractivity contribution in [3.8, 4) is 0 Å². The molecule has 28 heavy (non-hydrogen) atoms. The molecule has 1 fully saturated rings. The molecule has 0 saturated carbocycles. The van der Waals surface area contributed by atoms with E-state index in [0.717, 1.165) is 19.3 Å². The van der Waals surface area contributed by atoms with E-state index >= 15 is 0 Å². The Kier molecular flexibility index (Phi) is 11.7. The lowest BCUT2D eigenvalue weighted by Gasteiger charge is -2.23. The van der Waals surface area contributed by atoms with E-state index in [1.807, 2.05) is 13.0 Å². The molecule has 0 aliphatic carbocycles. The largest absolute Gasteiger partial charge is 0.508 e. The number of hydrogen-bond acceptors (Lipinski definition) is 5. The summed E-state index contributed by atoms with van der Waals surface area (Å²) in [6.07, 6.45) is 8.55. The van der Waals surface area contributed by atoms with Gasteiger partial charge in [0, 0.05) is 0 Å². The molecule has 1 amide bonds. The third-order valence-corrected chi connectivity index (χ3v) is 3.83. The van der Waals surface area contributed by atoms with Gasteiger partial charge in [0.2, 0.25) is 0 Å². The molecule has 1 rings (SSSR count). The topological polar surface area (TPSA) is 84.9 Å². The summed E-state index contributed by atoms with van der Waals surface area (Å²) < 4.78 is 10.6. The fraction of sp³-hybridized carbons (Fsp3) is 0.545. The Morgan fingerprint density at radius 2 is 1.93 bits per heavy atom. The van der Waals surface area contributed by atoms with Gasteiger partial charge >= 0.3 is 12.1 Å². The van der Waals surface area contributed by atoms with Gasteiger partial charge in [0.1, 0.15) is 17.4 Å². The van der Waals surface area contributed by atoms with Crippen LogP contribution in [0, 0.1) is 5.92 Å². The van der Waals surface area contributed by atoms with Gasteiger partial charge in [-0.3, -0.25) is 0 Å². The Morgan fingerprint density at radius 3 is 2.39 bits per heavy atom. The quantitative estimate of drug-likeness (QED) is 0.304. The van der Waals surface area contributed by atoms with Crippen molar-refractivity contribution in [2.24, 2.45) is 5.92 Å². The fourth-order valence-electron chi connectivity index (χ4n) is 2.56. The maximum Gasteiger partial charge on any atom is 0.408 e. The predicted octanol–water partition coefficient (Wildman–Crippen LogP) is 4.99. The van der Waals surface area contributed by atoms with Crippen molar-refractivity contribution < 1.29 is 24.2 Å². The molecule has 1 saturated heterocycles. The van der Waals surface area contributed by atoms with Crippen LogP contribution in [-0.2, 0) is 14.3 Å². The molecule has 1 aliphatic rings. The van der Waals surface area contributed by atoms with E-state index in [0.29, 0.717) is 12.3 Å². The molecule has 0 spiro atoms. The number of esters is 1. The highest BCUT2D eigenvalue weighted by atomic mass is 16.6. The van der Waals surface area contributed by atoms with E-state index in [1.165, 1.54) is 18.2 Å². The van der Waals surface area contributed by atoms with Gasteiger partial charge in [0.15, 0.2) is 0 Å². The Balaban J connectivity index is 0.000000887. The molecular formula is C22H35NO5. The maximum absolute atomic E-state index is 12.1. The van der Waals surface area contributed by atoms with Crippen LogP contribution in [0.15, 0.2) is 49.8 Å². The van der Waals surface area contributed by atoms with Crippen LogP contribution in [0.3, 0.4) is 0 Å². The zero-order valence-corrected chi connectivity index (χ0v) is 17.6. The third kappa shape index (κ3) is 12.0. The molecule has 2 N–H and O–H groups in total.